The maximum absolute atomic E-state index is 11.4. The number of hydrogen-bond acceptors (Lipinski definition) is 2. The van der Waals surface area contributed by atoms with E-state index in [4.69, 9.17) is 5.26 Å². The maximum Gasteiger partial charge on any atom is 0.237 e. The highest BCUT2D eigenvalue weighted by Gasteiger charge is 2.56. The standard InChI is InChI=1S/C11H16N2O/c1-8(6-12)10(14)13-7-11-4-2-3-9(11)5-11/h8-9H,2-5,7H2,1H3,(H,13,14). The molecule has 3 nitrogen and oxygen atoms in total. The van der Waals surface area contributed by atoms with Crippen LogP contribution in [0.15, 0.2) is 0 Å². The molecule has 0 aliphatic heterocycles. The number of fused-ring (bicyclic) bond motifs is 1. The van der Waals surface area contributed by atoms with Crippen LogP contribution < -0.4 is 5.32 Å². The van der Waals surface area contributed by atoms with Gasteiger partial charge in [0.1, 0.15) is 5.92 Å². The van der Waals surface area contributed by atoms with Gasteiger partial charge in [0, 0.05) is 6.54 Å². The Morgan fingerprint density at radius 2 is 2.57 bits per heavy atom. The Labute approximate surface area is 84.5 Å². The van der Waals surface area contributed by atoms with Crippen molar-refractivity contribution in [2.75, 3.05) is 6.54 Å². The van der Waals surface area contributed by atoms with E-state index in [1.165, 1.54) is 25.7 Å². The third kappa shape index (κ3) is 1.50. The summed E-state index contributed by atoms with van der Waals surface area (Å²) in [7, 11) is 0. The summed E-state index contributed by atoms with van der Waals surface area (Å²) in [6, 6.07) is 1.95. The summed E-state index contributed by atoms with van der Waals surface area (Å²) in [5.74, 6) is 0.240. The average molecular weight is 192 g/mol. The van der Waals surface area contributed by atoms with Gasteiger partial charge in [0.25, 0.3) is 0 Å². The number of nitriles is 1. The van der Waals surface area contributed by atoms with Crippen molar-refractivity contribution >= 4 is 5.91 Å². The van der Waals surface area contributed by atoms with E-state index < -0.39 is 5.92 Å². The van der Waals surface area contributed by atoms with E-state index >= 15 is 0 Å². The molecule has 2 saturated carbocycles. The van der Waals surface area contributed by atoms with Gasteiger partial charge < -0.3 is 5.32 Å². The minimum Gasteiger partial charge on any atom is -0.354 e. The van der Waals surface area contributed by atoms with Crippen LogP contribution in [-0.2, 0) is 4.79 Å². The summed E-state index contributed by atoms with van der Waals surface area (Å²) in [4.78, 5) is 11.4. The van der Waals surface area contributed by atoms with Gasteiger partial charge in [-0.1, -0.05) is 6.42 Å². The number of nitrogens with zero attached hydrogens (tertiary/aromatic N) is 1. The van der Waals surface area contributed by atoms with Gasteiger partial charge in [-0.05, 0) is 37.5 Å². The van der Waals surface area contributed by atoms with Crippen molar-refractivity contribution in [3.63, 3.8) is 0 Å². The predicted octanol–water partition coefficient (Wildman–Crippen LogP) is 1.45. The molecule has 2 rings (SSSR count). The monoisotopic (exact) mass is 192 g/mol. The second-order valence-corrected chi connectivity index (χ2v) is 4.72. The molecule has 0 saturated heterocycles. The fourth-order valence-corrected chi connectivity index (χ4v) is 2.63. The molecule has 3 heteroatoms. The van der Waals surface area contributed by atoms with Crippen molar-refractivity contribution in [2.24, 2.45) is 17.3 Å². The summed E-state index contributed by atoms with van der Waals surface area (Å²) in [6.07, 6.45) is 5.20. The van der Waals surface area contributed by atoms with Gasteiger partial charge in [-0.3, -0.25) is 4.79 Å². The van der Waals surface area contributed by atoms with Crippen LogP contribution in [-0.4, -0.2) is 12.5 Å². The molecule has 1 amide bonds. The van der Waals surface area contributed by atoms with Crippen molar-refractivity contribution in [3.8, 4) is 6.07 Å². The molecular weight excluding hydrogens is 176 g/mol. The first-order chi connectivity index (χ1) is 6.68. The van der Waals surface area contributed by atoms with Crippen LogP contribution in [0.25, 0.3) is 0 Å². The molecule has 1 N–H and O–H groups in total. The third-order valence-corrected chi connectivity index (χ3v) is 3.79. The van der Waals surface area contributed by atoms with Crippen LogP contribution in [0.3, 0.4) is 0 Å². The number of amides is 1. The smallest absolute Gasteiger partial charge is 0.237 e. The number of rotatable bonds is 3. The number of carbonyl (C=O) groups excluding carboxylic acids is 1. The first-order valence-electron chi connectivity index (χ1n) is 5.35. The highest BCUT2D eigenvalue weighted by molar-refractivity contribution is 5.80. The zero-order chi connectivity index (χ0) is 10.2. The molecule has 76 valence electrons. The van der Waals surface area contributed by atoms with E-state index in [0.717, 1.165) is 12.5 Å². The van der Waals surface area contributed by atoms with Crippen LogP contribution in [0.4, 0.5) is 0 Å². The Balaban J connectivity index is 1.78. The maximum atomic E-state index is 11.4. The van der Waals surface area contributed by atoms with Crippen LogP contribution in [0.5, 0.6) is 0 Å². The lowest BCUT2D eigenvalue weighted by Crippen LogP contribution is -2.33. The summed E-state index contributed by atoms with van der Waals surface area (Å²) in [5, 5.41) is 11.5. The first-order valence-corrected chi connectivity index (χ1v) is 5.35. The highest BCUT2D eigenvalue weighted by atomic mass is 16.1. The molecule has 2 aliphatic rings. The van der Waals surface area contributed by atoms with Gasteiger partial charge in [-0.15, -0.1) is 0 Å². The van der Waals surface area contributed by atoms with E-state index in [1.807, 2.05) is 6.07 Å². The van der Waals surface area contributed by atoms with Gasteiger partial charge in [-0.25, -0.2) is 0 Å². The number of hydrogen-bond donors (Lipinski definition) is 1. The molecule has 0 radical (unpaired) electrons. The molecule has 0 aromatic carbocycles. The zero-order valence-corrected chi connectivity index (χ0v) is 8.55. The Morgan fingerprint density at radius 1 is 1.79 bits per heavy atom. The van der Waals surface area contributed by atoms with E-state index in [-0.39, 0.29) is 5.91 Å². The van der Waals surface area contributed by atoms with Crippen LogP contribution in [0.1, 0.15) is 32.6 Å². The summed E-state index contributed by atoms with van der Waals surface area (Å²) in [5.41, 5.74) is 0.435. The van der Waals surface area contributed by atoms with Crippen LogP contribution >= 0.6 is 0 Å². The molecule has 2 aliphatic carbocycles. The summed E-state index contributed by atoms with van der Waals surface area (Å²) < 4.78 is 0. The molecule has 0 spiro atoms. The van der Waals surface area contributed by atoms with Crippen molar-refractivity contribution in [1.29, 1.82) is 5.26 Å². The largest absolute Gasteiger partial charge is 0.354 e. The molecular formula is C11H16N2O. The number of nitrogens with one attached hydrogen (secondary N) is 1. The molecule has 14 heavy (non-hydrogen) atoms. The second kappa shape index (κ2) is 3.27. The van der Waals surface area contributed by atoms with Gasteiger partial charge in [0.2, 0.25) is 5.91 Å². The Hall–Kier alpha value is -1.04. The molecule has 0 aromatic heterocycles. The van der Waals surface area contributed by atoms with E-state index in [0.29, 0.717) is 5.41 Å². The Bertz CT molecular complexity index is 294. The van der Waals surface area contributed by atoms with Gasteiger partial charge in [0.15, 0.2) is 0 Å². The van der Waals surface area contributed by atoms with Crippen molar-refractivity contribution in [2.45, 2.75) is 32.6 Å². The highest BCUT2D eigenvalue weighted by Crippen LogP contribution is 2.63. The Kier molecular flexibility index (Phi) is 2.22. The van der Waals surface area contributed by atoms with Crippen molar-refractivity contribution < 1.29 is 4.79 Å². The molecule has 2 fully saturated rings. The lowest BCUT2D eigenvalue weighted by molar-refractivity contribution is -0.123. The fourth-order valence-electron chi connectivity index (χ4n) is 2.63. The fraction of sp³-hybridized carbons (Fsp3) is 0.818. The van der Waals surface area contributed by atoms with E-state index in [2.05, 4.69) is 5.32 Å². The molecule has 0 bridgehead atoms. The molecule has 3 unspecified atom stereocenters. The lowest BCUT2D eigenvalue weighted by atomic mass is 10.0. The molecule has 0 aromatic rings. The van der Waals surface area contributed by atoms with Crippen LogP contribution in [0.2, 0.25) is 0 Å². The minimum atomic E-state index is -0.509. The third-order valence-electron chi connectivity index (χ3n) is 3.79. The first kappa shape index (κ1) is 9.51. The van der Waals surface area contributed by atoms with Gasteiger partial charge >= 0.3 is 0 Å². The lowest BCUT2D eigenvalue weighted by Gasteiger charge is -2.13. The predicted molar refractivity (Wildman–Crippen MR) is 52.2 cm³/mol. The van der Waals surface area contributed by atoms with Crippen LogP contribution in [0, 0.1) is 28.6 Å². The van der Waals surface area contributed by atoms with Crippen molar-refractivity contribution in [3.05, 3.63) is 0 Å². The average Bonchev–Trinajstić information content (AvgIpc) is 2.76. The summed E-state index contributed by atoms with van der Waals surface area (Å²) >= 11 is 0. The summed E-state index contributed by atoms with van der Waals surface area (Å²) in [6.45, 7) is 2.44. The van der Waals surface area contributed by atoms with E-state index in [1.54, 1.807) is 6.92 Å². The Morgan fingerprint density at radius 3 is 3.07 bits per heavy atom. The minimum absolute atomic E-state index is 0.112. The van der Waals surface area contributed by atoms with Crippen molar-refractivity contribution in [1.82, 2.24) is 5.32 Å². The normalized spacial score (nSPS) is 35.6. The second-order valence-electron chi connectivity index (χ2n) is 4.72. The quantitative estimate of drug-likeness (QED) is 0.735. The molecule has 3 atom stereocenters. The number of carbonyl (C=O) groups is 1. The molecule has 0 heterocycles. The SMILES string of the molecule is CC(C#N)C(=O)NCC12CCCC1C2. The van der Waals surface area contributed by atoms with E-state index in [9.17, 15) is 4.79 Å². The van der Waals surface area contributed by atoms with Gasteiger partial charge in [0.05, 0.1) is 6.07 Å². The zero-order valence-electron chi connectivity index (χ0n) is 8.55. The topological polar surface area (TPSA) is 52.9 Å². The van der Waals surface area contributed by atoms with Gasteiger partial charge in [-0.2, -0.15) is 5.26 Å².